The lowest BCUT2D eigenvalue weighted by molar-refractivity contribution is 0.0984. The molecule has 0 radical (unpaired) electrons. The SMILES string of the molecule is Cc1cc(C(=O)N(CCCN(C)C)c2nc3c(F)cc(F)cc3s2)c(C)o1. The Labute approximate surface area is 160 Å². The van der Waals surface area contributed by atoms with Gasteiger partial charge in [0.2, 0.25) is 0 Å². The molecule has 5 nitrogen and oxygen atoms in total. The fourth-order valence-corrected chi connectivity index (χ4v) is 3.91. The summed E-state index contributed by atoms with van der Waals surface area (Å²) in [6.45, 7) is 4.69. The van der Waals surface area contributed by atoms with Crippen molar-refractivity contribution < 1.29 is 18.0 Å². The Morgan fingerprint density at radius 3 is 2.56 bits per heavy atom. The van der Waals surface area contributed by atoms with E-state index in [1.807, 2.05) is 19.0 Å². The number of fused-ring (bicyclic) bond motifs is 1. The largest absolute Gasteiger partial charge is 0.466 e. The van der Waals surface area contributed by atoms with E-state index in [9.17, 15) is 13.6 Å². The third-order valence-electron chi connectivity index (χ3n) is 4.14. The highest BCUT2D eigenvalue weighted by Gasteiger charge is 2.25. The van der Waals surface area contributed by atoms with Crippen molar-refractivity contribution in [2.75, 3.05) is 32.1 Å². The Morgan fingerprint density at radius 2 is 1.93 bits per heavy atom. The number of halogens is 2. The molecule has 0 saturated heterocycles. The van der Waals surface area contributed by atoms with Crippen LogP contribution in [0.25, 0.3) is 10.2 Å². The smallest absolute Gasteiger partial charge is 0.263 e. The lowest BCUT2D eigenvalue weighted by atomic mass is 10.2. The van der Waals surface area contributed by atoms with Crippen LogP contribution < -0.4 is 4.90 Å². The number of rotatable bonds is 6. The maximum Gasteiger partial charge on any atom is 0.263 e. The lowest BCUT2D eigenvalue weighted by Crippen LogP contribution is -2.33. The number of carbonyl (C=O) groups excluding carboxylic acids is 1. The number of benzene rings is 1. The van der Waals surface area contributed by atoms with E-state index >= 15 is 0 Å². The van der Waals surface area contributed by atoms with Gasteiger partial charge in [0, 0.05) is 12.6 Å². The average molecular weight is 393 g/mol. The van der Waals surface area contributed by atoms with Crippen LogP contribution in [0.3, 0.4) is 0 Å². The Balaban J connectivity index is 2.00. The van der Waals surface area contributed by atoms with Crippen molar-refractivity contribution in [2.45, 2.75) is 20.3 Å². The first-order chi connectivity index (χ1) is 12.8. The highest BCUT2D eigenvalue weighted by atomic mass is 32.1. The number of nitrogens with zero attached hydrogens (tertiary/aromatic N) is 3. The summed E-state index contributed by atoms with van der Waals surface area (Å²) in [6.07, 6.45) is 0.710. The second kappa shape index (κ2) is 7.74. The zero-order valence-corrected chi connectivity index (χ0v) is 16.5. The van der Waals surface area contributed by atoms with Crippen LogP contribution in [-0.4, -0.2) is 43.0 Å². The molecule has 3 rings (SSSR count). The lowest BCUT2D eigenvalue weighted by Gasteiger charge is -2.20. The number of amides is 1. The maximum atomic E-state index is 14.1. The first-order valence-corrected chi connectivity index (χ1v) is 9.37. The average Bonchev–Trinajstić information content (AvgIpc) is 3.13. The van der Waals surface area contributed by atoms with Gasteiger partial charge in [-0.1, -0.05) is 11.3 Å². The molecule has 0 saturated carbocycles. The molecule has 0 unspecified atom stereocenters. The molecule has 3 aromatic rings. The summed E-state index contributed by atoms with van der Waals surface area (Å²) in [5.74, 6) is -0.497. The Kier molecular flexibility index (Phi) is 5.57. The quantitative estimate of drug-likeness (QED) is 0.624. The third kappa shape index (κ3) is 4.17. The van der Waals surface area contributed by atoms with E-state index in [4.69, 9.17) is 4.42 Å². The molecule has 1 aromatic carbocycles. The number of anilines is 1. The van der Waals surface area contributed by atoms with Crippen LogP contribution in [0, 0.1) is 25.5 Å². The number of hydrogen-bond acceptors (Lipinski definition) is 5. The number of aromatic nitrogens is 1. The van der Waals surface area contributed by atoms with E-state index in [0.717, 1.165) is 23.9 Å². The van der Waals surface area contributed by atoms with E-state index in [0.29, 0.717) is 39.9 Å². The number of hydrogen-bond donors (Lipinski definition) is 0. The number of furan rings is 1. The second-order valence-corrected chi connectivity index (χ2v) is 7.68. The molecule has 2 heterocycles. The predicted molar refractivity (Wildman–Crippen MR) is 103 cm³/mol. The molecule has 27 heavy (non-hydrogen) atoms. The van der Waals surface area contributed by atoms with Crippen molar-refractivity contribution in [2.24, 2.45) is 0 Å². The first-order valence-electron chi connectivity index (χ1n) is 8.55. The van der Waals surface area contributed by atoms with E-state index in [2.05, 4.69) is 4.98 Å². The summed E-state index contributed by atoms with van der Waals surface area (Å²) < 4.78 is 33.4. The van der Waals surface area contributed by atoms with Crippen LogP contribution in [-0.2, 0) is 0 Å². The monoisotopic (exact) mass is 393 g/mol. The minimum absolute atomic E-state index is 0.0712. The molecule has 8 heteroatoms. The third-order valence-corrected chi connectivity index (χ3v) is 5.16. The molecule has 0 fully saturated rings. The summed E-state index contributed by atoms with van der Waals surface area (Å²) in [5.41, 5.74) is 0.519. The van der Waals surface area contributed by atoms with Gasteiger partial charge in [-0.15, -0.1) is 0 Å². The highest BCUT2D eigenvalue weighted by molar-refractivity contribution is 7.22. The summed E-state index contributed by atoms with van der Waals surface area (Å²) in [5, 5.41) is 0.344. The van der Waals surface area contributed by atoms with Crippen LogP contribution >= 0.6 is 11.3 Å². The second-order valence-electron chi connectivity index (χ2n) is 6.67. The van der Waals surface area contributed by atoms with Crippen LogP contribution in [0.4, 0.5) is 13.9 Å². The van der Waals surface area contributed by atoms with Gasteiger partial charge in [0.05, 0.1) is 10.3 Å². The molecule has 0 aliphatic heterocycles. The van der Waals surface area contributed by atoms with Crippen LogP contribution in [0.2, 0.25) is 0 Å². The van der Waals surface area contributed by atoms with Gasteiger partial charge in [0.25, 0.3) is 5.91 Å². The van der Waals surface area contributed by atoms with Gasteiger partial charge in [0.1, 0.15) is 22.9 Å². The van der Waals surface area contributed by atoms with E-state index in [-0.39, 0.29) is 11.4 Å². The van der Waals surface area contributed by atoms with Gasteiger partial charge in [0.15, 0.2) is 10.9 Å². The summed E-state index contributed by atoms with van der Waals surface area (Å²) in [4.78, 5) is 20.9. The van der Waals surface area contributed by atoms with Crippen molar-refractivity contribution in [1.29, 1.82) is 0 Å². The zero-order valence-electron chi connectivity index (χ0n) is 15.7. The van der Waals surface area contributed by atoms with Crippen LogP contribution in [0.15, 0.2) is 22.6 Å². The van der Waals surface area contributed by atoms with E-state index in [1.165, 1.54) is 11.0 Å². The molecule has 2 aromatic heterocycles. The van der Waals surface area contributed by atoms with Gasteiger partial charge >= 0.3 is 0 Å². The molecular weight excluding hydrogens is 372 g/mol. The molecule has 0 bridgehead atoms. The van der Waals surface area contributed by atoms with Gasteiger partial charge in [-0.05, 0) is 53.0 Å². The molecule has 144 valence electrons. The van der Waals surface area contributed by atoms with Crippen molar-refractivity contribution in [3.05, 3.63) is 46.9 Å². The molecule has 0 spiro atoms. The fourth-order valence-electron chi connectivity index (χ4n) is 2.88. The molecule has 0 aliphatic rings. The van der Waals surface area contributed by atoms with Crippen LogP contribution in [0.5, 0.6) is 0 Å². The van der Waals surface area contributed by atoms with Crippen molar-refractivity contribution >= 4 is 32.6 Å². The summed E-state index contributed by atoms with van der Waals surface area (Å²) >= 11 is 1.10. The summed E-state index contributed by atoms with van der Waals surface area (Å²) in [6, 6.07) is 3.72. The van der Waals surface area contributed by atoms with Gasteiger partial charge in [-0.25, -0.2) is 13.8 Å². The van der Waals surface area contributed by atoms with Crippen LogP contribution in [0.1, 0.15) is 28.3 Å². The minimum atomic E-state index is -0.733. The summed E-state index contributed by atoms with van der Waals surface area (Å²) in [7, 11) is 3.90. The number of thiazole rings is 1. The molecule has 0 aliphatic carbocycles. The van der Waals surface area contributed by atoms with Crippen molar-refractivity contribution in [1.82, 2.24) is 9.88 Å². The maximum absolute atomic E-state index is 14.1. The van der Waals surface area contributed by atoms with Gasteiger partial charge < -0.3 is 9.32 Å². The Bertz CT molecular complexity index is 981. The highest BCUT2D eigenvalue weighted by Crippen LogP contribution is 2.32. The van der Waals surface area contributed by atoms with E-state index in [1.54, 1.807) is 19.9 Å². The van der Waals surface area contributed by atoms with Gasteiger partial charge in [-0.2, -0.15) is 0 Å². The Hall–Kier alpha value is -2.32. The number of carbonyl (C=O) groups is 1. The normalized spacial score (nSPS) is 11.5. The first kappa shape index (κ1) is 19.4. The predicted octanol–water partition coefficient (Wildman–Crippen LogP) is 4.38. The molecule has 1 amide bonds. The van der Waals surface area contributed by atoms with Gasteiger partial charge in [-0.3, -0.25) is 9.69 Å². The Morgan fingerprint density at radius 1 is 1.19 bits per heavy atom. The standard InChI is InChI=1S/C19H21F2N3O2S/c1-11-8-14(12(2)26-11)18(25)24(7-5-6-23(3)4)19-22-17-15(21)9-13(20)10-16(17)27-19/h8-10H,5-7H2,1-4H3. The fraction of sp³-hybridized carbons (Fsp3) is 0.368. The topological polar surface area (TPSA) is 49.6 Å². The number of aryl methyl sites for hydroxylation is 2. The van der Waals surface area contributed by atoms with E-state index < -0.39 is 11.6 Å². The molecular formula is C19H21F2N3O2S. The minimum Gasteiger partial charge on any atom is -0.466 e. The van der Waals surface area contributed by atoms with Crippen molar-refractivity contribution in [3.63, 3.8) is 0 Å². The molecule has 0 atom stereocenters. The van der Waals surface area contributed by atoms with Crippen molar-refractivity contribution in [3.8, 4) is 0 Å². The zero-order chi connectivity index (χ0) is 19.7. The molecule has 0 N–H and O–H groups in total.